The summed E-state index contributed by atoms with van der Waals surface area (Å²) >= 11 is 4.94. The van der Waals surface area contributed by atoms with E-state index in [1.54, 1.807) is 16.8 Å². The molecule has 0 bridgehead atoms. The third kappa shape index (κ3) is 3.64. The van der Waals surface area contributed by atoms with E-state index in [0.29, 0.717) is 12.8 Å². The van der Waals surface area contributed by atoms with Gasteiger partial charge in [0.25, 0.3) is 0 Å². The molecule has 2 rings (SSSR count). The summed E-state index contributed by atoms with van der Waals surface area (Å²) in [5.41, 5.74) is 3.55. The lowest BCUT2D eigenvalue weighted by Crippen LogP contribution is -2.12. The predicted octanol–water partition coefficient (Wildman–Crippen LogP) is 3.48. The monoisotopic (exact) mass is 310 g/mol. The molecule has 0 aliphatic carbocycles. The molecule has 1 heterocycles. The Morgan fingerprint density at radius 2 is 2.24 bits per heavy atom. The number of amides is 1. The lowest BCUT2D eigenvalue weighted by atomic mass is 10.2. The smallest absolute Gasteiger partial charge is 0.224 e. The fourth-order valence-electron chi connectivity index (χ4n) is 1.38. The van der Waals surface area contributed by atoms with Crippen molar-refractivity contribution in [1.29, 1.82) is 0 Å². The number of anilines is 1. The summed E-state index contributed by atoms with van der Waals surface area (Å²) in [7, 11) is 0. The normalized spacial score (nSPS) is 10.2. The van der Waals surface area contributed by atoms with Crippen LogP contribution in [-0.2, 0) is 11.2 Å². The Kier molecular flexibility index (Phi) is 4.28. The van der Waals surface area contributed by atoms with Crippen molar-refractivity contribution in [2.75, 3.05) is 5.32 Å². The molecule has 0 aliphatic rings. The maximum absolute atomic E-state index is 11.7. The van der Waals surface area contributed by atoms with Crippen molar-refractivity contribution in [2.24, 2.45) is 0 Å². The van der Waals surface area contributed by atoms with Crippen LogP contribution < -0.4 is 5.32 Å². The van der Waals surface area contributed by atoms with E-state index in [1.165, 1.54) is 0 Å². The van der Waals surface area contributed by atoms with Crippen LogP contribution in [-0.4, -0.2) is 10.9 Å². The molecule has 0 saturated carbocycles. The molecule has 1 amide bonds. The third-order valence-electron chi connectivity index (χ3n) is 2.24. The number of aryl methyl sites for hydroxylation is 1. The van der Waals surface area contributed by atoms with Gasteiger partial charge in [0.05, 0.1) is 16.9 Å². The number of nitrogens with zero attached hydrogens (tertiary/aromatic N) is 1. The van der Waals surface area contributed by atoms with Gasteiger partial charge in [-0.05, 0) is 34.5 Å². The molecule has 17 heavy (non-hydrogen) atoms. The first kappa shape index (κ1) is 12.3. The van der Waals surface area contributed by atoms with E-state index in [2.05, 4.69) is 26.2 Å². The highest BCUT2D eigenvalue weighted by molar-refractivity contribution is 9.10. The van der Waals surface area contributed by atoms with Gasteiger partial charge in [0.2, 0.25) is 5.91 Å². The Bertz CT molecular complexity index is 499. The maximum Gasteiger partial charge on any atom is 0.224 e. The molecule has 0 unspecified atom stereocenters. The quantitative estimate of drug-likeness (QED) is 0.939. The fraction of sp³-hybridized carbons (Fsp3) is 0.167. The van der Waals surface area contributed by atoms with Crippen LogP contribution in [0.5, 0.6) is 0 Å². The molecule has 88 valence electrons. The molecule has 1 N–H and O–H groups in total. The molecule has 3 nitrogen and oxygen atoms in total. The van der Waals surface area contributed by atoms with Crippen molar-refractivity contribution in [2.45, 2.75) is 12.8 Å². The van der Waals surface area contributed by atoms with E-state index in [-0.39, 0.29) is 5.91 Å². The summed E-state index contributed by atoms with van der Waals surface area (Å²) in [6.45, 7) is 0. The first-order valence-corrected chi connectivity index (χ1v) is 6.91. The van der Waals surface area contributed by atoms with Crippen molar-refractivity contribution in [3.8, 4) is 0 Å². The van der Waals surface area contributed by atoms with Gasteiger partial charge >= 0.3 is 0 Å². The van der Waals surface area contributed by atoms with Gasteiger partial charge in [-0.1, -0.05) is 12.1 Å². The van der Waals surface area contributed by atoms with Crippen LogP contribution >= 0.6 is 27.3 Å². The van der Waals surface area contributed by atoms with Gasteiger partial charge in [0.1, 0.15) is 0 Å². The second kappa shape index (κ2) is 5.93. The van der Waals surface area contributed by atoms with Crippen LogP contribution in [0.3, 0.4) is 0 Å². The SMILES string of the molecule is O=C(CCc1cscn1)Nc1ccccc1Br. The first-order chi connectivity index (χ1) is 8.25. The molecule has 2 aromatic rings. The van der Waals surface area contributed by atoms with Gasteiger partial charge < -0.3 is 5.32 Å². The van der Waals surface area contributed by atoms with E-state index in [4.69, 9.17) is 0 Å². The third-order valence-corrected chi connectivity index (χ3v) is 3.57. The van der Waals surface area contributed by atoms with Crippen molar-refractivity contribution in [1.82, 2.24) is 4.98 Å². The van der Waals surface area contributed by atoms with E-state index < -0.39 is 0 Å². The summed E-state index contributed by atoms with van der Waals surface area (Å²) in [6, 6.07) is 7.57. The Morgan fingerprint density at radius 3 is 2.94 bits per heavy atom. The minimum atomic E-state index is 0.00454. The fourth-order valence-corrected chi connectivity index (χ4v) is 2.35. The average molecular weight is 311 g/mol. The number of nitrogens with one attached hydrogen (secondary N) is 1. The second-order valence-corrected chi connectivity index (χ2v) is 5.08. The highest BCUT2D eigenvalue weighted by Gasteiger charge is 2.05. The van der Waals surface area contributed by atoms with Gasteiger partial charge in [-0.2, -0.15) is 0 Å². The second-order valence-electron chi connectivity index (χ2n) is 3.51. The lowest BCUT2D eigenvalue weighted by Gasteiger charge is -2.06. The molecule has 0 atom stereocenters. The Balaban J connectivity index is 1.87. The molecule has 0 spiro atoms. The summed E-state index contributed by atoms with van der Waals surface area (Å²) in [6.07, 6.45) is 1.13. The average Bonchev–Trinajstić information content (AvgIpc) is 2.82. The molecule has 5 heteroatoms. The van der Waals surface area contributed by atoms with E-state index >= 15 is 0 Å². The molecular formula is C12H11BrN2OS. The van der Waals surface area contributed by atoms with Crippen molar-refractivity contribution in [3.63, 3.8) is 0 Å². The van der Waals surface area contributed by atoms with Crippen LogP contribution in [0.2, 0.25) is 0 Å². The van der Waals surface area contributed by atoms with E-state index in [0.717, 1.165) is 15.9 Å². The minimum Gasteiger partial charge on any atom is -0.325 e. The van der Waals surface area contributed by atoms with Gasteiger partial charge in [0, 0.05) is 16.3 Å². The Labute approximate surface area is 112 Å². The van der Waals surface area contributed by atoms with Gasteiger partial charge in [-0.15, -0.1) is 11.3 Å². The van der Waals surface area contributed by atoms with E-state index in [1.807, 2.05) is 29.6 Å². The number of benzene rings is 1. The number of hydrogen-bond acceptors (Lipinski definition) is 3. The lowest BCUT2D eigenvalue weighted by molar-refractivity contribution is -0.116. The zero-order valence-corrected chi connectivity index (χ0v) is 11.4. The van der Waals surface area contributed by atoms with Gasteiger partial charge in [-0.25, -0.2) is 4.98 Å². The Morgan fingerprint density at radius 1 is 1.41 bits per heavy atom. The molecule has 1 aromatic carbocycles. The van der Waals surface area contributed by atoms with Crippen LogP contribution in [0, 0.1) is 0 Å². The summed E-state index contributed by atoms with van der Waals surface area (Å²) in [4.78, 5) is 15.8. The number of halogens is 1. The predicted molar refractivity (Wildman–Crippen MR) is 73.2 cm³/mol. The molecule has 1 aromatic heterocycles. The zero-order valence-electron chi connectivity index (χ0n) is 9.02. The number of thiazole rings is 1. The Hall–Kier alpha value is -1.20. The molecule has 0 radical (unpaired) electrons. The molecule has 0 aliphatic heterocycles. The van der Waals surface area contributed by atoms with Crippen LogP contribution in [0.4, 0.5) is 5.69 Å². The minimum absolute atomic E-state index is 0.00454. The molecule has 0 fully saturated rings. The van der Waals surface area contributed by atoms with Crippen molar-refractivity contribution >= 4 is 38.9 Å². The number of hydrogen-bond donors (Lipinski definition) is 1. The number of rotatable bonds is 4. The standard InChI is InChI=1S/C12H11BrN2OS/c13-10-3-1-2-4-11(10)15-12(16)6-5-9-7-17-8-14-9/h1-4,7-8H,5-6H2,(H,15,16). The van der Waals surface area contributed by atoms with E-state index in [9.17, 15) is 4.79 Å². The van der Waals surface area contributed by atoms with Crippen LogP contribution in [0.15, 0.2) is 39.6 Å². The molecule has 0 saturated heterocycles. The zero-order chi connectivity index (χ0) is 12.1. The van der Waals surface area contributed by atoms with Crippen molar-refractivity contribution < 1.29 is 4.79 Å². The number of carbonyl (C=O) groups excluding carboxylic acids is 1. The van der Waals surface area contributed by atoms with Crippen molar-refractivity contribution in [3.05, 3.63) is 45.3 Å². The number of aromatic nitrogens is 1. The van der Waals surface area contributed by atoms with Crippen LogP contribution in [0.1, 0.15) is 12.1 Å². The summed E-state index contributed by atoms with van der Waals surface area (Å²) in [5, 5.41) is 4.83. The maximum atomic E-state index is 11.7. The van der Waals surface area contributed by atoms with Crippen LogP contribution in [0.25, 0.3) is 0 Å². The topological polar surface area (TPSA) is 42.0 Å². The number of carbonyl (C=O) groups is 1. The summed E-state index contributed by atoms with van der Waals surface area (Å²) in [5.74, 6) is 0.00454. The highest BCUT2D eigenvalue weighted by Crippen LogP contribution is 2.21. The molecular weight excluding hydrogens is 300 g/mol. The number of para-hydroxylation sites is 1. The van der Waals surface area contributed by atoms with Gasteiger partial charge in [-0.3, -0.25) is 4.79 Å². The first-order valence-electron chi connectivity index (χ1n) is 5.17. The van der Waals surface area contributed by atoms with Gasteiger partial charge in [0.15, 0.2) is 0 Å². The summed E-state index contributed by atoms with van der Waals surface area (Å²) < 4.78 is 0.891. The largest absolute Gasteiger partial charge is 0.325 e. The highest BCUT2D eigenvalue weighted by atomic mass is 79.9.